The number of allylic oxidation sites excluding steroid dienone is 1. The van der Waals surface area contributed by atoms with E-state index in [0.717, 1.165) is 17.8 Å². The largest absolute Gasteiger partial charge is 0.358 e. The van der Waals surface area contributed by atoms with E-state index in [1.54, 1.807) is 0 Å². The fourth-order valence-electron chi connectivity index (χ4n) is 4.89. The summed E-state index contributed by atoms with van der Waals surface area (Å²) in [5, 5.41) is 8.15. The lowest BCUT2D eigenvalue weighted by Crippen LogP contribution is -2.54. The minimum Gasteiger partial charge on any atom is -0.358 e. The molecule has 6 heteroatoms. The van der Waals surface area contributed by atoms with E-state index < -0.39 is 0 Å². The predicted octanol–water partition coefficient (Wildman–Crippen LogP) is 1.98. The van der Waals surface area contributed by atoms with Gasteiger partial charge in [0.15, 0.2) is 10.2 Å². The van der Waals surface area contributed by atoms with Crippen molar-refractivity contribution in [3.63, 3.8) is 0 Å². The lowest BCUT2D eigenvalue weighted by molar-refractivity contribution is 0.388. The zero-order chi connectivity index (χ0) is 15.1. The van der Waals surface area contributed by atoms with Gasteiger partial charge in [0.05, 0.1) is 0 Å². The van der Waals surface area contributed by atoms with E-state index in [9.17, 15) is 0 Å². The van der Waals surface area contributed by atoms with Crippen LogP contribution < -0.4 is 21.5 Å². The van der Waals surface area contributed by atoms with Gasteiger partial charge in [-0.3, -0.25) is 10.9 Å². The van der Waals surface area contributed by atoms with Crippen LogP contribution in [0.5, 0.6) is 0 Å². The van der Waals surface area contributed by atoms with Crippen LogP contribution in [0.2, 0.25) is 0 Å². The van der Waals surface area contributed by atoms with Crippen molar-refractivity contribution in [3.8, 4) is 0 Å². The van der Waals surface area contributed by atoms with Crippen molar-refractivity contribution in [2.45, 2.75) is 50.6 Å². The standard InChI is InChI=1S/C16H24N4S2/c21-15(17-13-7-9-1-3-11(13)5-9)19-20-16(22)18-14-8-10-2-4-12(14)6-10/h1,3,9-14H,2,4-8H2,(H2,17,19,21)(H2,18,20,22)/t9-,10+,11-,12-,13-,14-/m1/s1. The highest BCUT2D eigenvalue weighted by Crippen LogP contribution is 2.44. The third-order valence-corrected chi connectivity index (χ3v) is 6.38. The summed E-state index contributed by atoms with van der Waals surface area (Å²) in [7, 11) is 0. The van der Waals surface area contributed by atoms with Gasteiger partial charge in [-0.05, 0) is 80.2 Å². The third kappa shape index (κ3) is 2.95. The van der Waals surface area contributed by atoms with Gasteiger partial charge in [0.1, 0.15) is 0 Å². The Labute approximate surface area is 142 Å². The Kier molecular flexibility index (Phi) is 3.98. The predicted molar refractivity (Wildman–Crippen MR) is 96.1 cm³/mol. The molecule has 0 saturated heterocycles. The number of hydrazine groups is 1. The van der Waals surface area contributed by atoms with Gasteiger partial charge in [-0.1, -0.05) is 18.6 Å². The molecule has 4 nitrogen and oxygen atoms in total. The first-order chi connectivity index (χ1) is 10.7. The van der Waals surface area contributed by atoms with Gasteiger partial charge < -0.3 is 10.6 Å². The fourth-order valence-corrected chi connectivity index (χ4v) is 5.30. The van der Waals surface area contributed by atoms with E-state index in [2.05, 4.69) is 33.6 Å². The van der Waals surface area contributed by atoms with Crippen LogP contribution in [-0.2, 0) is 0 Å². The molecule has 0 amide bonds. The quantitative estimate of drug-likeness (QED) is 0.351. The van der Waals surface area contributed by atoms with E-state index in [1.165, 1.54) is 38.5 Å². The number of hydrogen-bond donors (Lipinski definition) is 4. The lowest BCUT2D eigenvalue weighted by Gasteiger charge is -2.26. The molecule has 4 N–H and O–H groups in total. The van der Waals surface area contributed by atoms with E-state index >= 15 is 0 Å². The Morgan fingerprint density at radius 3 is 2.14 bits per heavy atom. The minimum absolute atomic E-state index is 0.476. The van der Waals surface area contributed by atoms with Gasteiger partial charge in [0.2, 0.25) is 0 Å². The molecule has 0 aromatic rings. The topological polar surface area (TPSA) is 48.1 Å². The molecule has 4 aliphatic rings. The van der Waals surface area contributed by atoms with Crippen LogP contribution in [0.1, 0.15) is 38.5 Å². The normalized spacial score (nSPS) is 40.7. The molecule has 3 fully saturated rings. The van der Waals surface area contributed by atoms with E-state index in [0.29, 0.717) is 28.2 Å². The average Bonchev–Trinajstić information content (AvgIpc) is 3.25. The van der Waals surface area contributed by atoms with Crippen LogP contribution in [-0.4, -0.2) is 22.3 Å². The Balaban J connectivity index is 1.17. The van der Waals surface area contributed by atoms with Crippen LogP contribution in [0, 0.1) is 23.7 Å². The molecule has 3 saturated carbocycles. The van der Waals surface area contributed by atoms with E-state index in [4.69, 9.17) is 24.4 Å². The van der Waals surface area contributed by atoms with Crippen molar-refractivity contribution < 1.29 is 0 Å². The third-order valence-electron chi connectivity index (χ3n) is 5.94. The summed E-state index contributed by atoms with van der Waals surface area (Å²) in [6, 6.07) is 1.03. The van der Waals surface area contributed by atoms with Crippen molar-refractivity contribution in [1.29, 1.82) is 0 Å². The Hall–Kier alpha value is -0.880. The average molecular weight is 337 g/mol. The van der Waals surface area contributed by atoms with Crippen LogP contribution >= 0.6 is 24.4 Å². The van der Waals surface area contributed by atoms with Crippen molar-refractivity contribution in [1.82, 2.24) is 21.5 Å². The molecule has 0 heterocycles. The maximum absolute atomic E-state index is 5.38. The number of rotatable bonds is 2. The van der Waals surface area contributed by atoms with Crippen LogP contribution in [0.25, 0.3) is 0 Å². The SMILES string of the molecule is S=C(NNC(=S)N[C@@H]1C[C@@H]2C=C[C@@H]1C2)N[C@@H]1C[C@H]2CC[C@@H]1C2. The highest BCUT2D eigenvalue weighted by Gasteiger charge is 2.39. The second kappa shape index (κ2) is 5.96. The second-order valence-corrected chi connectivity index (χ2v) is 8.18. The van der Waals surface area contributed by atoms with Crippen LogP contribution in [0.15, 0.2) is 12.2 Å². The monoisotopic (exact) mass is 336 g/mol. The first kappa shape index (κ1) is 14.7. The van der Waals surface area contributed by atoms with Gasteiger partial charge in [-0.2, -0.15) is 0 Å². The summed E-state index contributed by atoms with van der Waals surface area (Å²) in [5.74, 6) is 3.13. The summed E-state index contributed by atoms with van der Waals surface area (Å²) in [6.45, 7) is 0. The summed E-state index contributed by atoms with van der Waals surface area (Å²) >= 11 is 10.7. The molecule has 0 aromatic carbocycles. The molecule has 0 aliphatic heterocycles. The van der Waals surface area contributed by atoms with Gasteiger partial charge in [-0.15, -0.1) is 0 Å². The molecule has 120 valence electrons. The molecule has 6 atom stereocenters. The Morgan fingerprint density at radius 1 is 0.818 bits per heavy atom. The number of hydrogen-bond acceptors (Lipinski definition) is 2. The molecule has 4 bridgehead atoms. The van der Waals surface area contributed by atoms with Gasteiger partial charge >= 0.3 is 0 Å². The minimum atomic E-state index is 0.476. The van der Waals surface area contributed by atoms with Crippen LogP contribution in [0.3, 0.4) is 0 Å². The highest BCUT2D eigenvalue weighted by atomic mass is 32.1. The smallest absolute Gasteiger partial charge is 0.185 e. The molecule has 0 spiro atoms. The zero-order valence-electron chi connectivity index (χ0n) is 12.7. The van der Waals surface area contributed by atoms with Gasteiger partial charge in [0.25, 0.3) is 0 Å². The molecular weight excluding hydrogens is 312 g/mol. The molecular formula is C16H24N4S2. The highest BCUT2D eigenvalue weighted by molar-refractivity contribution is 7.80. The zero-order valence-corrected chi connectivity index (χ0v) is 14.3. The molecule has 22 heavy (non-hydrogen) atoms. The first-order valence-electron chi connectivity index (χ1n) is 8.48. The second-order valence-electron chi connectivity index (χ2n) is 7.37. The molecule has 4 rings (SSSR count). The fraction of sp³-hybridized carbons (Fsp3) is 0.750. The van der Waals surface area contributed by atoms with Crippen LogP contribution in [0.4, 0.5) is 0 Å². The maximum atomic E-state index is 5.38. The molecule has 0 aromatic heterocycles. The van der Waals surface area contributed by atoms with Crippen molar-refractivity contribution in [2.75, 3.05) is 0 Å². The maximum Gasteiger partial charge on any atom is 0.185 e. The van der Waals surface area contributed by atoms with Crippen molar-refractivity contribution >= 4 is 34.7 Å². The lowest BCUT2D eigenvalue weighted by atomic mass is 9.96. The summed E-state index contributed by atoms with van der Waals surface area (Å²) in [4.78, 5) is 0. The van der Waals surface area contributed by atoms with E-state index in [-0.39, 0.29) is 0 Å². The first-order valence-corrected chi connectivity index (χ1v) is 9.30. The number of thiocarbonyl (C=S) groups is 2. The Morgan fingerprint density at radius 2 is 1.59 bits per heavy atom. The molecule has 0 radical (unpaired) electrons. The van der Waals surface area contributed by atoms with Gasteiger partial charge in [0, 0.05) is 12.1 Å². The summed E-state index contributed by atoms with van der Waals surface area (Å²) in [6.07, 6.45) is 12.5. The van der Waals surface area contributed by atoms with Crippen molar-refractivity contribution in [2.24, 2.45) is 23.7 Å². The van der Waals surface area contributed by atoms with Gasteiger partial charge in [-0.25, -0.2) is 0 Å². The summed E-state index contributed by atoms with van der Waals surface area (Å²) < 4.78 is 0. The van der Waals surface area contributed by atoms with E-state index in [1.807, 2.05) is 0 Å². The Bertz CT molecular complexity index is 506. The molecule has 4 aliphatic carbocycles. The number of nitrogens with one attached hydrogen (secondary N) is 4. The molecule has 0 unspecified atom stereocenters. The number of fused-ring (bicyclic) bond motifs is 4. The van der Waals surface area contributed by atoms with Crippen molar-refractivity contribution in [3.05, 3.63) is 12.2 Å². The summed E-state index contributed by atoms with van der Waals surface area (Å²) in [5.41, 5.74) is 6.06.